The van der Waals surface area contributed by atoms with Crippen LogP contribution in [0.3, 0.4) is 0 Å². The molecule has 0 aliphatic carbocycles. The van der Waals surface area contributed by atoms with E-state index in [9.17, 15) is 0 Å². The van der Waals surface area contributed by atoms with Crippen LogP contribution in [0.4, 0.5) is 0 Å². The molecular formula is C19H31N7. The van der Waals surface area contributed by atoms with Crippen molar-refractivity contribution in [3.8, 4) is 0 Å². The predicted molar refractivity (Wildman–Crippen MR) is 101 cm³/mol. The Labute approximate surface area is 155 Å². The lowest BCUT2D eigenvalue weighted by atomic mass is 9.85. The Kier molecular flexibility index (Phi) is 4.91. The summed E-state index contributed by atoms with van der Waals surface area (Å²) in [6.45, 7) is 8.12. The van der Waals surface area contributed by atoms with E-state index in [-0.39, 0.29) is 0 Å². The molecule has 5 rings (SSSR count). The lowest BCUT2D eigenvalue weighted by Crippen LogP contribution is -2.52. The lowest BCUT2D eigenvalue weighted by molar-refractivity contribution is 0.121. The Hall–Kier alpha value is -1.09. The molecule has 7 nitrogen and oxygen atoms in total. The number of likely N-dealkylation sites (tertiary alicyclic amines) is 1. The average Bonchev–Trinajstić information content (AvgIpc) is 3.36. The molecule has 5 atom stereocenters. The molecule has 4 N–H and O–H groups in total. The summed E-state index contributed by atoms with van der Waals surface area (Å²) >= 11 is 0. The molecule has 0 bridgehead atoms. The summed E-state index contributed by atoms with van der Waals surface area (Å²) in [6.07, 6.45) is 6.79. The minimum absolute atomic E-state index is 0.417. The van der Waals surface area contributed by atoms with Gasteiger partial charge < -0.3 is 10.6 Å². The van der Waals surface area contributed by atoms with Gasteiger partial charge in [-0.05, 0) is 24.5 Å². The standard InChI is InChI=1S/C19H31N7/c1-2-14(11-21-4-1)17-10-16-18(12-22-17)23-24-19(16)26-7-3-15(13-26)25-8-5-20-6-9-25/h1-2,4,11,15-20,22-24H,3,5-10,12-13H2. The molecule has 4 aliphatic rings. The van der Waals surface area contributed by atoms with Gasteiger partial charge in [0.05, 0.1) is 6.17 Å². The van der Waals surface area contributed by atoms with Crippen LogP contribution in [-0.2, 0) is 0 Å². The van der Waals surface area contributed by atoms with Gasteiger partial charge in [0.15, 0.2) is 0 Å². The molecule has 1 aromatic heterocycles. The highest BCUT2D eigenvalue weighted by atomic mass is 15.5. The second-order valence-corrected chi connectivity index (χ2v) is 8.21. The number of rotatable bonds is 3. The highest BCUT2D eigenvalue weighted by Gasteiger charge is 2.45. The molecule has 7 heteroatoms. The number of piperidine rings is 1. The second-order valence-electron chi connectivity index (χ2n) is 8.21. The lowest BCUT2D eigenvalue weighted by Gasteiger charge is -2.37. The number of aromatic nitrogens is 1. The molecule has 1 aromatic rings. The van der Waals surface area contributed by atoms with Gasteiger partial charge in [0.2, 0.25) is 0 Å². The summed E-state index contributed by atoms with van der Waals surface area (Å²) in [5.41, 5.74) is 8.50. The zero-order valence-electron chi connectivity index (χ0n) is 15.4. The Bertz CT molecular complexity index is 591. The van der Waals surface area contributed by atoms with E-state index in [0.717, 1.165) is 32.1 Å². The van der Waals surface area contributed by atoms with Crippen molar-refractivity contribution in [1.29, 1.82) is 0 Å². The number of hydrogen-bond acceptors (Lipinski definition) is 7. The van der Waals surface area contributed by atoms with Crippen molar-refractivity contribution < 1.29 is 0 Å². The first-order valence-electron chi connectivity index (χ1n) is 10.2. The van der Waals surface area contributed by atoms with Gasteiger partial charge >= 0.3 is 0 Å². The predicted octanol–water partition coefficient (Wildman–Crippen LogP) is -0.486. The van der Waals surface area contributed by atoms with Crippen LogP contribution in [0.2, 0.25) is 0 Å². The topological polar surface area (TPSA) is 67.5 Å². The molecule has 0 radical (unpaired) electrons. The molecule has 4 aliphatic heterocycles. The van der Waals surface area contributed by atoms with Gasteiger partial charge in [0, 0.05) is 82.3 Å². The first-order valence-corrected chi connectivity index (χ1v) is 10.2. The van der Waals surface area contributed by atoms with Gasteiger partial charge in [0.25, 0.3) is 0 Å². The van der Waals surface area contributed by atoms with Gasteiger partial charge in [-0.15, -0.1) is 0 Å². The van der Waals surface area contributed by atoms with Crippen LogP contribution in [0.1, 0.15) is 24.4 Å². The van der Waals surface area contributed by atoms with E-state index >= 15 is 0 Å². The third-order valence-corrected chi connectivity index (χ3v) is 6.77. The van der Waals surface area contributed by atoms with E-state index in [1.165, 1.54) is 38.2 Å². The third-order valence-electron chi connectivity index (χ3n) is 6.77. The van der Waals surface area contributed by atoms with Gasteiger partial charge in [0.1, 0.15) is 0 Å². The number of hydrazine groups is 1. The van der Waals surface area contributed by atoms with Crippen molar-refractivity contribution in [2.45, 2.75) is 37.1 Å². The molecule has 5 heterocycles. The summed E-state index contributed by atoms with van der Waals surface area (Å²) in [5.74, 6) is 0.642. The van der Waals surface area contributed by atoms with Crippen LogP contribution in [0.15, 0.2) is 24.5 Å². The maximum absolute atomic E-state index is 4.31. The molecule has 26 heavy (non-hydrogen) atoms. The fourth-order valence-electron chi connectivity index (χ4n) is 5.31. The second kappa shape index (κ2) is 7.50. The number of piperazine rings is 1. The fraction of sp³-hybridized carbons (Fsp3) is 0.737. The summed E-state index contributed by atoms with van der Waals surface area (Å²) in [5, 5.41) is 7.17. The fourth-order valence-corrected chi connectivity index (χ4v) is 5.31. The van der Waals surface area contributed by atoms with Gasteiger partial charge in [-0.1, -0.05) is 6.07 Å². The Morgan fingerprint density at radius 2 is 2.00 bits per heavy atom. The van der Waals surface area contributed by atoms with E-state index in [2.05, 4.69) is 42.3 Å². The highest BCUT2D eigenvalue weighted by Crippen LogP contribution is 2.34. The quantitative estimate of drug-likeness (QED) is 0.582. The smallest absolute Gasteiger partial charge is 0.0774 e. The highest BCUT2D eigenvalue weighted by molar-refractivity contribution is 5.16. The number of nitrogens with one attached hydrogen (secondary N) is 4. The Balaban J connectivity index is 1.24. The van der Waals surface area contributed by atoms with Gasteiger partial charge in [-0.3, -0.25) is 20.2 Å². The molecule has 0 amide bonds. The van der Waals surface area contributed by atoms with Crippen LogP contribution in [0.25, 0.3) is 0 Å². The monoisotopic (exact) mass is 357 g/mol. The average molecular weight is 358 g/mol. The number of fused-ring (bicyclic) bond motifs is 1. The SMILES string of the molecule is c1cncc(C2CC3C(CN2)NNC3N2CCC(N3CCNCC3)C2)c1. The number of nitrogens with zero attached hydrogens (tertiary/aromatic N) is 3. The van der Waals surface area contributed by atoms with E-state index < -0.39 is 0 Å². The van der Waals surface area contributed by atoms with Crippen molar-refractivity contribution in [1.82, 2.24) is 36.3 Å². The Morgan fingerprint density at radius 3 is 2.85 bits per heavy atom. The largest absolute Gasteiger partial charge is 0.314 e. The summed E-state index contributed by atoms with van der Waals surface area (Å²) in [7, 11) is 0. The van der Waals surface area contributed by atoms with Crippen LogP contribution < -0.4 is 21.5 Å². The van der Waals surface area contributed by atoms with Crippen LogP contribution in [0.5, 0.6) is 0 Å². The minimum Gasteiger partial charge on any atom is -0.314 e. The number of hydrogen-bond donors (Lipinski definition) is 4. The molecule has 4 fully saturated rings. The van der Waals surface area contributed by atoms with Crippen LogP contribution in [0, 0.1) is 5.92 Å². The maximum atomic E-state index is 4.31. The molecule has 142 valence electrons. The van der Waals surface area contributed by atoms with Gasteiger partial charge in [-0.25, -0.2) is 5.43 Å². The van der Waals surface area contributed by atoms with E-state index in [0.29, 0.717) is 24.2 Å². The number of pyridine rings is 1. The maximum Gasteiger partial charge on any atom is 0.0774 e. The van der Waals surface area contributed by atoms with Crippen molar-refractivity contribution in [2.75, 3.05) is 45.8 Å². The first kappa shape index (κ1) is 17.0. The van der Waals surface area contributed by atoms with Crippen molar-refractivity contribution in [2.24, 2.45) is 5.92 Å². The van der Waals surface area contributed by atoms with Crippen molar-refractivity contribution in [3.05, 3.63) is 30.1 Å². The summed E-state index contributed by atoms with van der Waals surface area (Å²) < 4.78 is 0. The molecule has 5 unspecified atom stereocenters. The third kappa shape index (κ3) is 3.28. The zero-order valence-corrected chi connectivity index (χ0v) is 15.4. The normalized spacial score (nSPS) is 39.2. The molecule has 0 spiro atoms. The van der Waals surface area contributed by atoms with Crippen LogP contribution >= 0.6 is 0 Å². The Morgan fingerprint density at radius 1 is 1.08 bits per heavy atom. The molecule has 0 aromatic carbocycles. The van der Waals surface area contributed by atoms with Crippen LogP contribution in [-0.4, -0.2) is 78.8 Å². The molecule has 0 saturated carbocycles. The van der Waals surface area contributed by atoms with E-state index in [1.54, 1.807) is 0 Å². The molecule has 4 saturated heterocycles. The van der Waals surface area contributed by atoms with E-state index in [1.807, 2.05) is 18.5 Å². The minimum atomic E-state index is 0.417. The van der Waals surface area contributed by atoms with Gasteiger partial charge in [-0.2, -0.15) is 0 Å². The summed E-state index contributed by atoms with van der Waals surface area (Å²) in [4.78, 5) is 9.69. The van der Waals surface area contributed by atoms with Crippen molar-refractivity contribution in [3.63, 3.8) is 0 Å². The van der Waals surface area contributed by atoms with E-state index in [4.69, 9.17) is 0 Å². The first-order chi connectivity index (χ1) is 12.9. The zero-order chi connectivity index (χ0) is 17.3. The summed E-state index contributed by atoms with van der Waals surface area (Å²) in [6, 6.07) is 5.91. The molecular weight excluding hydrogens is 326 g/mol. The van der Waals surface area contributed by atoms with Crippen molar-refractivity contribution >= 4 is 0 Å².